The number of aromatic amines is 1. The van der Waals surface area contributed by atoms with Crippen LogP contribution in [0.3, 0.4) is 0 Å². The quantitative estimate of drug-likeness (QED) is 0.875. The third kappa shape index (κ3) is 2.34. The summed E-state index contributed by atoms with van der Waals surface area (Å²) < 4.78 is 0. The van der Waals surface area contributed by atoms with Crippen LogP contribution in [-0.4, -0.2) is 15.0 Å². The summed E-state index contributed by atoms with van der Waals surface area (Å²) in [7, 11) is 0. The van der Waals surface area contributed by atoms with Crippen LogP contribution in [-0.2, 0) is 0 Å². The van der Waals surface area contributed by atoms with Crippen molar-refractivity contribution in [3.63, 3.8) is 0 Å². The molecule has 0 aliphatic heterocycles. The Labute approximate surface area is 100 Å². The number of hydrogen-bond donors (Lipinski definition) is 1. The van der Waals surface area contributed by atoms with Crippen molar-refractivity contribution in [3.05, 3.63) is 36.4 Å². The van der Waals surface area contributed by atoms with Gasteiger partial charge in [-0.1, -0.05) is 19.9 Å². The molecule has 2 aromatic rings. The maximum atomic E-state index is 9.10. The number of H-pyrrole nitrogens is 1. The molecule has 0 bridgehead atoms. The van der Waals surface area contributed by atoms with Crippen molar-refractivity contribution in [1.29, 1.82) is 5.26 Å². The Morgan fingerprint density at radius 2 is 2.12 bits per heavy atom. The van der Waals surface area contributed by atoms with Crippen LogP contribution in [0.2, 0.25) is 0 Å². The molecule has 0 saturated heterocycles. The van der Waals surface area contributed by atoms with Gasteiger partial charge in [0.1, 0.15) is 11.7 Å². The Kier molecular flexibility index (Phi) is 3.20. The molecule has 1 atom stereocenters. The van der Waals surface area contributed by atoms with Crippen LogP contribution >= 0.6 is 0 Å². The SMILES string of the molecule is CC(C)C(C#N)c1ncc(-c2ccccn2)[nH]1. The molecule has 0 fully saturated rings. The highest BCUT2D eigenvalue weighted by Gasteiger charge is 2.18. The average Bonchev–Trinajstić information content (AvgIpc) is 2.80. The minimum absolute atomic E-state index is 0.201. The molecule has 0 amide bonds. The molecule has 17 heavy (non-hydrogen) atoms. The van der Waals surface area contributed by atoms with Crippen molar-refractivity contribution in [2.45, 2.75) is 19.8 Å². The van der Waals surface area contributed by atoms with E-state index in [0.717, 1.165) is 11.4 Å². The largest absolute Gasteiger partial charge is 0.340 e. The lowest BCUT2D eigenvalue weighted by Crippen LogP contribution is -2.05. The van der Waals surface area contributed by atoms with E-state index in [9.17, 15) is 0 Å². The van der Waals surface area contributed by atoms with Gasteiger partial charge in [0.25, 0.3) is 0 Å². The van der Waals surface area contributed by atoms with E-state index in [-0.39, 0.29) is 11.8 Å². The molecule has 2 aromatic heterocycles. The fraction of sp³-hybridized carbons (Fsp3) is 0.308. The minimum Gasteiger partial charge on any atom is -0.340 e. The van der Waals surface area contributed by atoms with E-state index in [1.165, 1.54) is 0 Å². The first kappa shape index (κ1) is 11.3. The second-order valence-corrected chi connectivity index (χ2v) is 4.25. The number of nitriles is 1. The van der Waals surface area contributed by atoms with Crippen molar-refractivity contribution in [1.82, 2.24) is 15.0 Å². The minimum atomic E-state index is -0.201. The Morgan fingerprint density at radius 1 is 1.29 bits per heavy atom. The van der Waals surface area contributed by atoms with Gasteiger partial charge in [-0.15, -0.1) is 0 Å². The van der Waals surface area contributed by atoms with Crippen LogP contribution in [0.4, 0.5) is 0 Å². The Hall–Kier alpha value is -2.15. The van der Waals surface area contributed by atoms with Crippen LogP contribution in [0.5, 0.6) is 0 Å². The number of nitrogens with one attached hydrogen (secondary N) is 1. The van der Waals surface area contributed by atoms with Gasteiger partial charge in [0.2, 0.25) is 0 Å². The van der Waals surface area contributed by atoms with E-state index in [1.54, 1.807) is 12.4 Å². The molecule has 0 spiro atoms. The average molecular weight is 226 g/mol. The predicted octanol–water partition coefficient (Wildman–Crippen LogP) is 2.73. The van der Waals surface area contributed by atoms with Crippen LogP contribution in [0.25, 0.3) is 11.4 Å². The van der Waals surface area contributed by atoms with E-state index in [1.807, 2.05) is 32.0 Å². The van der Waals surface area contributed by atoms with Gasteiger partial charge in [-0.3, -0.25) is 4.98 Å². The standard InChI is InChI=1S/C13H14N4/c1-9(2)10(7-14)13-16-8-12(17-13)11-5-3-4-6-15-11/h3-6,8-10H,1-2H3,(H,16,17). The summed E-state index contributed by atoms with van der Waals surface area (Å²) in [5, 5.41) is 9.10. The summed E-state index contributed by atoms with van der Waals surface area (Å²) in [5.41, 5.74) is 1.69. The molecule has 2 heterocycles. The summed E-state index contributed by atoms with van der Waals surface area (Å²) in [6.45, 7) is 4.02. The Morgan fingerprint density at radius 3 is 2.71 bits per heavy atom. The highest BCUT2D eigenvalue weighted by Crippen LogP contribution is 2.23. The summed E-state index contributed by atoms with van der Waals surface area (Å²) in [6.07, 6.45) is 3.46. The highest BCUT2D eigenvalue weighted by molar-refractivity contribution is 5.52. The molecule has 0 aromatic carbocycles. The van der Waals surface area contributed by atoms with E-state index >= 15 is 0 Å². The fourth-order valence-electron chi connectivity index (χ4n) is 1.67. The second kappa shape index (κ2) is 4.79. The van der Waals surface area contributed by atoms with Crippen LogP contribution in [0.15, 0.2) is 30.6 Å². The van der Waals surface area contributed by atoms with E-state index in [4.69, 9.17) is 5.26 Å². The predicted molar refractivity (Wildman–Crippen MR) is 65.0 cm³/mol. The summed E-state index contributed by atoms with van der Waals surface area (Å²) >= 11 is 0. The molecule has 0 aliphatic carbocycles. The maximum absolute atomic E-state index is 9.10. The Bertz CT molecular complexity index is 522. The molecular weight excluding hydrogens is 212 g/mol. The van der Waals surface area contributed by atoms with E-state index in [0.29, 0.717) is 5.82 Å². The lowest BCUT2D eigenvalue weighted by Gasteiger charge is -2.09. The third-order valence-corrected chi connectivity index (χ3v) is 2.64. The smallest absolute Gasteiger partial charge is 0.124 e. The first-order valence-electron chi connectivity index (χ1n) is 5.58. The number of pyridine rings is 1. The second-order valence-electron chi connectivity index (χ2n) is 4.25. The van der Waals surface area contributed by atoms with Gasteiger partial charge in [0, 0.05) is 6.20 Å². The zero-order valence-electron chi connectivity index (χ0n) is 9.88. The van der Waals surface area contributed by atoms with Gasteiger partial charge < -0.3 is 4.98 Å². The summed E-state index contributed by atoms with van der Waals surface area (Å²) in [5.74, 6) is 0.748. The number of rotatable bonds is 3. The zero-order chi connectivity index (χ0) is 12.3. The van der Waals surface area contributed by atoms with Gasteiger partial charge >= 0.3 is 0 Å². The van der Waals surface area contributed by atoms with Crippen molar-refractivity contribution in [2.24, 2.45) is 5.92 Å². The first-order valence-corrected chi connectivity index (χ1v) is 5.58. The molecule has 2 rings (SSSR count). The number of aromatic nitrogens is 3. The van der Waals surface area contributed by atoms with Crippen LogP contribution in [0, 0.1) is 17.2 Å². The van der Waals surface area contributed by atoms with Crippen molar-refractivity contribution in [3.8, 4) is 17.5 Å². The van der Waals surface area contributed by atoms with Crippen LogP contribution in [0.1, 0.15) is 25.6 Å². The topological polar surface area (TPSA) is 65.4 Å². The van der Waals surface area contributed by atoms with Gasteiger partial charge in [0.05, 0.1) is 23.7 Å². The molecule has 0 aliphatic rings. The number of hydrogen-bond acceptors (Lipinski definition) is 3. The van der Waals surface area contributed by atoms with Crippen molar-refractivity contribution >= 4 is 0 Å². The molecule has 1 N–H and O–H groups in total. The third-order valence-electron chi connectivity index (χ3n) is 2.64. The monoisotopic (exact) mass is 226 g/mol. The molecule has 0 radical (unpaired) electrons. The first-order chi connectivity index (χ1) is 8.22. The maximum Gasteiger partial charge on any atom is 0.124 e. The highest BCUT2D eigenvalue weighted by atomic mass is 14.9. The lowest BCUT2D eigenvalue weighted by atomic mass is 9.97. The van der Waals surface area contributed by atoms with Crippen LogP contribution < -0.4 is 0 Å². The fourth-order valence-corrected chi connectivity index (χ4v) is 1.67. The molecule has 86 valence electrons. The molecule has 4 heteroatoms. The molecule has 1 unspecified atom stereocenters. The van der Waals surface area contributed by atoms with Gasteiger partial charge in [-0.25, -0.2) is 4.98 Å². The summed E-state index contributed by atoms with van der Waals surface area (Å²) in [4.78, 5) is 11.7. The number of imidazole rings is 1. The van der Waals surface area contributed by atoms with Gasteiger partial charge in [0.15, 0.2) is 0 Å². The van der Waals surface area contributed by atoms with E-state index in [2.05, 4.69) is 21.0 Å². The van der Waals surface area contributed by atoms with Crippen molar-refractivity contribution < 1.29 is 0 Å². The lowest BCUT2D eigenvalue weighted by molar-refractivity contribution is 0.566. The molecule has 0 saturated carbocycles. The normalized spacial score (nSPS) is 12.4. The number of nitrogens with zero attached hydrogens (tertiary/aromatic N) is 3. The van der Waals surface area contributed by atoms with Gasteiger partial charge in [-0.2, -0.15) is 5.26 Å². The van der Waals surface area contributed by atoms with Gasteiger partial charge in [-0.05, 0) is 18.1 Å². The van der Waals surface area contributed by atoms with E-state index < -0.39 is 0 Å². The van der Waals surface area contributed by atoms with Crippen molar-refractivity contribution in [2.75, 3.05) is 0 Å². The Balaban J connectivity index is 2.31. The molecule has 4 nitrogen and oxygen atoms in total. The zero-order valence-corrected chi connectivity index (χ0v) is 9.88. The molecular formula is C13H14N4. The summed E-state index contributed by atoms with van der Waals surface area (Å²) in [6, 6.07) is 7.97.